The van der Waals surface area contributed by atoms with Crippen molar-refractivity contribution in [2.75, 3.05) is 0 Å². The Kier molecular flexibility index (Phi) is 3.74. The van der Waals surface area contributed by atoms with Crippen LogP contribution in [-0.2, 0) is 0 Å². The molecular formula is C21H35NO. The van der Waals surface area contributed by atoms with Crippen molar-refractivity contribution in [1.29, 1.82) is 0 Å². The Labute approximate surface area is 141 Å². The minimum Gasteiger partial charge on any atom is -0.393 e. The van der Waals surface area contributed by atoms with E-state index in [9.17, 15) is 5.11 Å². The first kappa shape index (κ1) is 16.1. The Morgan fingerprint density at radius 1 is 1.13 bits per heavy atom. The standard InChI is InChI=1S/C21H35NO/c1-13(22)17-6-7-18-16-5-4-14-12-15(23)8-10-20(14,2)19(16)9-11-21(17,18)3/h4,13,15-19,23H,5-12,22H2,1-3H3/t13?,15-,16-,17?,18-,19-,20-,21+/m0/s1. The third kappa shape index (κ3) is 2.20. The van der Waals surface area contributed by atoms with Gasteiger partial charge in [-0.2, -0.15) is 0 Å². The molecule has 2 heteroatoms. The zero-order valence-corrected chi connectivity index (χ0v) is 15.2. The summed E-state index contributed by atoms with van der Waals surface area (Å²) in [4.78, 5) is 0. The highest BCUT2D eigenvalue weighted by atomic mass is 16.3. The maximum absolute atomic E-state index is 10.1. The van der Waals surface area contributed by atoms with E-state index < -0.39 is 0 Å². The zero-order valence-electron chi connectivity index (χ0n) is 15.2. The second-order valence-electron chi connectivity index (χ2n) is 9.74. The van der Waals surface area contributed by atoms with Gasteiger partial charge in [0.15, 0.2) is 0 Å². The quantitative estimate of drug-likeness (QED) is 0.709. The molecule has 0 spiro atoms. The van der Waals surface area contributed by atoms with Gasteiger partial charge in [-0.25, -0.2) is 0 Å². The van der Waals surface area contributed by atoms with E-state index in [0.717, 1.165) is 36.5 Å². The number of hydrogen-bond acceptors (Lipinski definition) is 2. The molecule has 8 atom stereocenters. The van der Waals surface area contributed by atoms with Gasteiger partial charge in [0.05, 0.1) is 6.10 Å². The molecule has 4 aliphatic carbocycles. The predicted octanol–water partition coefficient (Wildman–Crippen LogP) is 4.27. The van der Waals surface area contributed by atoms with Crippen molar-refractivity contribution in [1.82, 2.24) is 0 Å². The van der Waals surface area contributed by atoms with Gasteiger partial charge in [0.2, 0.25) is 0 Å². The number of aliphatic hydroxyl groups excluding tert-OH is 1. The molecule has 0 saturated heterocycles. The SMILES string of the molecule is CC(N)C1CC[C@H]2[C@@H]3CC=C4C[C@@H](O)CC[C@]4(C)[C@H]3CC[C@]12C. The maximum Gasteiger partial charge on any atom is 0.0577 e. The van der Waals surface area contributed by atoms with Gasteiger partial charge in [0.25, 0.3) is 0 Å². The van der Waals surface area contributed by atoms with Crippen LogP contribution in [0.5, 0.6) is 0 Å². The van der Waals surface area contributed by atoms with Gasteiger partial charge in [0, 0.05) is 6.04 Å². The Balaban J connectivity index is 1.65. The monoisotopic (exact) mass is 317 g/mol. The summed E-state index contributed by atoms with van der Waals surface area (Å²) in [6, 6.07) is 0.344. The van der Waals surface area contributed by atoms with Crippen molar-refractivity contribution in [3.05, 3.63) is 11.6 Å². The van der Waals surface area contributed by atoms with Gasteiger partial charge in [-0.3, -0.25) is 0 Å². The zero-order chi connectivity index (χ0) is 16.4. The lowest BCUT2D eigenvalue weighted by Gasteiger charge is -2.58. The van der Waals surface area contributed by atoms with Gasteiger partial charge < -0.3 is 10.8 Å². The molecule has 23 heavy (non-hydrogen) atoms. The second-order valence-corrected chi connectivity index (χ2v) is 9.74. The highest BCUT2D eigenvalue weighted by molar-refractivity contribution is 5.25. The molecule has 4 rings (SSSR count). The molecule has 3 fully saturated rings. The molecule has 0 aliphatic heterocycles. The largest absolute Gasteiger partial charge is 0.393 e. The molecule has 0 aromatic heterocycles. The number of allylic oxidation sites excluding steroid dienone is 1. The fourth-order valence-electron chi connectivity index (χ4n) is 7.55. The summed E-state index contributed by atoms with van der Waals surface area (Å²) in [5.41, 5.74) is 8.80. The summed E-state index contributed by atoms with van der Waals surface area (Å²) in [5, 5.41) is 10.1. The molecule has 2 nitrogen and oxygen atoms in total. The van der Waals surface area contributed by atoms with E-state index in [1.165, 1.54) is 38.5 Å². The van der Waals surface area contributed by atoms with Crippen LogP contribution in [0.4, 0.5) is 0 Å². The summed E-state index contributed by atoms with van der Waals surface area (Å²) >= 11 is 0. The molecule has 2 unspecified atom stereocenters. The van der Waals surface area contributed by atoms with Crippen LogP contribution >= 0.6 is 0 Å². The summed E-state index contributed by atoms with van der Waals surface area (Å²) in [6.07, 6.45) is 12.3. The van der Waals surface area contributed by atoms with Crippen LogP contribution in [0.1, 0.15) is 72.1 Å². The lowest BCUT2D eigenvalue weighted by molar-refractivity contribution is -0.0520. The van der Waals surface area contributed by atoms with E-state index >= 15 is 0 Å². The first-order valence-corrected chi connectivity index (χ1v) is 9.99. The molecular weight excluding hydrogens is 282 g/mol. The van der Waals surface area contributed by atoms with Crippen LogP contribution in [-0.4, -0.2) is 17.3 Å². The van der Waals surface area contributed by atoms with E-state index in [-0.39, 0.29) is 6.10 Å². The van der Waals surface area contributed by atoms with E-state index in [2.05, 4.69) is 26.8 Å². The molecule has 3 saturated carbocycles. The minimum atomic E-state index is -0.0892. The Morgan fingerprint density at radius 2 is 1.91 bits per heavy atom. The van der Waals surface area contributed by atoms with Crippen molar-refractivity contribution in [2.45, 2.75) is 84.3 Å². The molecule has 0 bridgehead atoms. The third-order valence-electron chi connectivity index (χ3n) is 8.79. The number of aliphatic hydroxyl groups is 1. The number of nitrogens with two attached hydrogens (primary N) is 1. The third-order valence-corrected chi connectivity index (χ3v) is 8.79. The molecule has 0 aromatic rings. The van der Waals surface area contributed by atoms with Gasteiger partial charge in [-0.05, 0) is 92.8 Å². The molecule has 130 valence electrons. The molecule has 3 N–H and O–H groups in total. The van der Waals surface area contributed by atoms with Crippen molar-refractivity contribution >= 4 is 0 Å². The average Bonchev–Trinajstić information content (AvgIpc) is 2.85. The first-order chi connectivity index (χ1) is 10.9. The molecule has 0 amide bonds. The second kappa shape index (κ2) is 5.33. The average molecular weight is 318 g/mol. The molecule has 0 aromatic carbocycles. The Hall–Kier alpha value is -0.340. The van der Waals surface area contributed by atoms with E-state index in [1.54, 1.807) is 5.57 Å². The van der Waals surface area contributed by atoms with Crippen LogP contribution < -0.4 is 5.73 Å². The maximum atomic E-state index is 10.1. The van der Waals surface area contributed by atoms with Crippen molar-refractivity contribution in [3.63, 3.8) is 0 Å². The van der Waals surface area contributed by atoms with Crippen LogP contribution in [0, 0.1) is 34.5 Å². The lowest BCUT2D eigenvalue weighted by atomic mass is 9.47. The highest BCUT2D eigenvalue weighted by Gasteiger charge is 2.58. The molecule has 0 heterocycles. The van der Waals surface area contributed by atoms with Crippen LogP contribution in [0.2, 0.25) is 0 Å². The fraction of sp³-hybridized carbons (Fsp3) is 0.905. The lowest BCUT2D eigenvalue weighted by Crippen LogP contribution is -2.51. The normalized spacial score (nSPS) is 53.8. The summed E-state index contributed by atoms with van der Waals surface area (Å²) in [6.45, 7) is 7.30. The number of hydrogen-bond donors (Lipinski definition) is 2. The Morgan fingerprint density at radius 3 is 2.65 bits per heavy atom. The number of rotatable bonds is 1. The van der Waals surface area contributed by atoms with Gasteiger partial charge >= 0.3 is 0 Å². The molecule has 0 radical (unpaired) electrons. The van der Waals surface area contributed by atoms with Crippen LogP contribution in [0.25, 0.3) is 0 Å². The summed E-state index contributed by atoms with van der Waals surface area (Å²) in [7, 11) is 0. The number of fused-ring (bicyclic) bond motifs is 5. The topological polar surface area (TPSA) is 46.2 Å². The highest BCUT2D eigenvalue weighted by Crippen LogP contribution is 2.66. The Bertz CT molecular complexity index is 512. The molecule has 4 aliphatic rings. The smallest absolute Gasteiger partial charge is 0.0577 e. The van der Waals surface area contributed by atoms with Crippen molar-refractivity contribution in [2.24, 2.45) is 40.2 Å². The van der Waals surface area contributed by atoms with Gasteiger partial charge in [-0.15, -0.1) is 0 Å². The van der Waals surface area contributed by atoms with Crippen LogP contribution in [0.15, 0.2) is 11.6 Å². The van der Waals surface area contributed by atoms with Crippen LogP contribution in [0.3, 0.4) is 0 Å². The summed E-state index contributed by atoms with van der Waals surface area (Å²) in [5.74, 6) is 3.31. The predicted molar refractivity (Wildman–Crippen MR) is 94.8 cm³/mol. The summed E-state index contributed by atoms with van der Waals surface area (Å²) < 4.78 is 0. The minimum absolute atomic E-state index is 0.0892. The van der Waals surface area contributed by atoms with E-state index in [1.807, 2.05) is 0 Å². The fourth-order valence-corrected chi connectivity index (χ4v) is 7.55. The van der Waals surface area contributed by atoms with E-state index in [0.29, 0.717) is 16.9 Å². The first-order valence-electron chi connectivity index (χ1n) is 9.99. The van der Waals surface area contributed by atoms with Gasteiger partial charge in [0.1, 0.15) is 0 Å². The van der Waals surface area contributed by atoms with Crippen molar-refractivity contribution in [3.8, 4) is 0 Å². The van der Waals surface area contributed by atoms with Gasteiger partial charge in [-0.1, -0.05) is 25.5 Å². The van der Waals surface area contributed by atoms with E-state index in [4.69, 9.17) is 5.73 Å². The van der Waals surface area contributed by atoms with Crippen molar-refractivity contribution < 1.29 is 5.11 Å².